The number of alkyl halides is 3. The Hall–Kier alpha value is -1.90. The van der Waals surface area contributed by atoms with Crippen LogP contribution in [0.5, 0.6) is 5.75 Å². The highest BCUT2D eigenvalue weighted by atomic mass is 19.4. The van der Waals surface area contributed by atoms with Gasteiger partial charge < -0.3 is 10.1 Å². The van der Waals surface area contributed by atoms with Crippen molar-refractivity contribution >= 4 is 5.69 Å². The summed E-state index contributed by atoms with van der Waals surface area (Å²) >= 11 is 0. The van der Waals surface area contributed by atoms with Crippen LogP contribution in [-0.4, -0.2) is 12.9 Å². The molecule has 1 aliphatic rings. The highest BCUT2D eigenvalue weighted by molar-refractivity contribution is 5.56. The van der Waals surface area contributed by atoms with Crippen LogP contribution in [0.15, 0.2) is 24.3 Å². The summed E-state index contributed by atoms with van der Waals surface area (Å²) in [6.07, 6.45) is -2.43. The maximum atomic E-state index is 12.2. The van der Waals surface area contributed by atoms with Gasteiger partial charge in [0.25, 0.3) is 0 Å². The Kier molecular flexibility index (Phi) is 3.56. The van der Waals surface area contributed by atoms with E-state index in [0.29, 0.717) is 18.7 Å². The lowest BCUT2D eigenvalue weighted by molar-refractivity contribution is -0.274. The highest BCUT2D eigenvalue weighted by Crippen LogP contribution is 2.48. The van der Waals surface area contributed by atoms with Gasteiger partial charge in [0, 0.05) is 18.4 Å². The van der Waals surface area contributed by atoms with E-state index in [1.807, 2.05) is 0 Å². The van der Waals surface area contributed by atoms with Gasteiger partial charge in [0.05, 0.1) is 11.8 Å². The molecule has 0 amide bonds. The van der Waals surface area contributed by atoms with Crippen LogP contribution in [0, 0.1) is 16.7 Å². The van der Waals surface area contributed by atoms with Gasteiger partial charge in [-0.15, -0.1) is 13.2 Å². The number of anilines is 1. The zero-order chi connectivity index (χ0) is 13.9. The smallest absolute Gasteiger partial charge is 0.404 e. The molecule has 1 fully saturated rings. The van der Waals surface area contributed by atoms with Crippen molar-refractivity contribution in [1.82, 2.24) is 0 Å². The van der Waals surface area contributed by atoms with Crippen molar-refractivity contribution in [2.75, 3.05) is 11.9 Å². The van der Waals surface area contributed by atoms with Gasteiger partial charge >= 0.3 is 6.36 Å². The second kappa shape index (κ2) is 5.00. The Morgan fingerprint density at radius 3 is 2.58 bits per heavy atom. The topological polar surface area (TPSA) is 45.0 Å². The second-order valence-electron chi connectivity index (χ2n) is 4.73. The first-order valence-electron chi connectivity index (χ1n) is 5.90. The molecule has 0 heterocycles. The van der Waals surface area contributed by atoms with E-state index in [1.54, 1.807) is 6.07 Å². The normalized spacial score (nSPS) is 16.5. The first kappa shape index (κ1) is 13.5. The predicted molar refractivity (Wildman–Crippen MR) is 63.5 cm³/mol. The summed E-state index contributed by atoms with van der Waals surface area (Å²) in [5.74, 6) is -0.247. The third kappa shape index (κ3) is 3.78. The molecular formula is C13H13F3N2O. The van der Waals surface area contributed by atoms with E-state index in [0.717, 1.165) is 12.8 Å². The van der Waals surface area contributed by atoms with Crippen LogP contribution in [0.2, 0.25) is 0 Å². The predicted octanol–water partition coefficient (Wildman–Crippen LogP) is 3.69. The summed E-state index contributed by atoms with van der Waals surface area (Å²) < 4.78 is 40.7. The molecule has 0 unspecified atom stereocenters. The number of nitrogens with one attached hydrogen (secondary N) is 1. The number of nitrogens with zero attached hydrogens (tertiary/aromatic N) is 1. The molecule has 1 N–H and O–H groups in total. The van der Waals surface area contributed by atoms with Crippen LogP contribution >= 0.6 is 0 Å². The number of para-hydroxylation sites is 2. The average molecular weight is 270 g/mol. The molecule has 6 heteroatoms. The fourth-order valence-electron chi connectivity index (χ4n) is 1.87. The monoisotopic (exact) mass is 270 g/mol. The van der Waals surface area contributed by atoms with Crippen LogP contribution in [-0.2, 0) is 0 Å². The molecule has 1 aromatic rings. The van der Waals surface area contributed by atoms with Crippen molar-refractivity contribution in [2.24, 2.45) is 5.41 Å². The third-order valence-corrected chi connectivity index (χ3v) is 3.18. The molecule has 1 aliphatic carbocycles. The van der Waals surface area contributed by atoms with E-state index in [4.69, 9.17) is 5.26 Å². The Morgan fingerprint density at radius 1 is 1.32 bits per heavy atom. The first-order chi connectivity index (χ1) is 8.94. The molecule has 0 aromatic heterocycles. The highest BCUT2D eigenvalue weighted by Gasteiger charge is 2.42. The Bertz CT molecular complexity index is 489. The maximum Gasteiger partial charge on any atom is 0.573 e. The van der Waals surface area contributed by atoms with E-state index in [2.05, 4.69) is 16.1 Å². The van der Waals surface area contributed by atoms with Crippen molar-refractivity contribution in [1.29, 1.82) is 5.26 Å². The molecule has 0 radical (unpaired) electrons. The zero-order valence-corrected chi connectivity index (χ0v) is 10.1. The fraction of sp³-hybridized carbons (Fsp3) is 0.462. The zero-order valence-electron chi connectivity index (χ0n) is 10.1. The lowest BCUT2D eigenvalue weighted by Crippen LogP contribution is -2.20. The van der Waals surface area contributed by atoms with Gasteiger partial charge in [-0.2, -0.15) is 5.26 Å². The maximum absolute atomic E-state index is 12.2. The van der Waals surface area contributed by atoms with Crippen LogP contribution < -0.4 is 10.1 Å². The second-order valence-corrected chi connectivity index (χ2v) is 4.73. The van der Waals surface area contributed by atoms with Crippen LogP contribution in [0.1, 0.15) is 19.3 Å². The lowest BCUT2D eigenvalue weighted by atomic mass is 10.0. The standard InChI is InChI=1S/C13H13F3N2O/c14-13(15,16)19-11-4-2-1-3-10(11)18-9-12(5-6-12)7-8-17/h1-4,18H,5-7,9H2. The largest absolute Gasteiger partial charge is 0.573 e. The number of hydrogen-bond donors (Lipinski definition) is 1. The minimum atomic E-state index is -4.71. The quantitative estimate of drug-likeness (QED) is 0.887. The van der Waals surface area contributed by atoms with Gasteiger partial charge in [0.1, 0.15) is 0 Å². The minimum absolute atomic E-state index is 0.0832. The van der Waals surface area contributed by atoms with Gasteiger partial charge in [-0.1, -0.05) is 12.1 Å². The van der Waals surface area contributed by atoms with Crippen LogP contribution in [0.3, 0.4) is 0 Å². The molecule has 1 saturated carbocycles. The van der Waals surface area contributed by atoms with Gasteiger partial charge in [-0.25, -0.2) is 0 Å². The molecule has 1 aromatic carbocycles. The van der Waals surface area contributed by atoms with Crippen molar-refractivity contribution in [2.45, 2.75) is 25.6 Å². The van der Waals surface area contributed by atoms with E-state index < -0.39 is 6.36 Å². The van der Waals surface area contributed by atoms with Crippen molar-refractivity contribution in [3.8, 4) is 11.8 Å². The molecule has 3 nitrogen and oxygen atoms in total. The van der Waals surface area contributed by atoms with Crippen molar-refractivity contribution in [3.05, 3.63) is 24.3 Å². The molecule has 0 atom stereocenters. The third-order valence-electron chi connectivity index (χ3n) is 3.18. The Labute approximate surface area is 109 Å². The molecule has 0 spiro atoms. The summed E-state index contributed by atoms with van der Waals surface area (Å²) in [5, 5.41) is 11.6. The summed E-state index contributed by atoms with van der Waals surface area (Å²) in [7, 11) is 0. The molecule has 0 aliphatic heterocycles. The van der Waals surface area contributed by atoms with Crippen LogP contribution in [0.25, 0.3) is 0 Å². The van der Waals surface area contributed by atoms with Gasteiger partial charge in [-0.3, -0.25) is 0 Å². The number of ether oxygens (including phenoxy) is 1. The van der Waals surface area contributed by atoms with E-state index in [-0.39, 0.29) is 11.2 Å². The number of nitriles is 1. The van der Waals surface area contributed by atoms with Crippen molar-refractivity contribution < 1.29 is 17.9 Å². The van der Waals surface area contributed by atoms with E-state index in [9.17, 15) is 13.2 Å². The van der Waals surface area contributed by atoms with E-state index >= 15 is 0 Å². The van der Waals surface area contributed by atoms with Gasteiger partial charge in [0.15, 0.2) is 5.75 Å². The van der Waals surface area contributed by atoms with Gasteiger partial charge in [0.2, 0.25) is 0 Å². The number of benzene rings is 1. The fourth-order valence-corrected chi connectivity index (χ4v) is 1.87. The van der Waals surface area contributed by atoms with Crippen molar-refractivity contribution in [3.63, 3.8) is 0 Å². The lowest BCUT2D eigenvalue weighted by Gasteiger charge is -2.17. The van der Waals surface area contributed by atoms with Gasteiger partial charge in [-0.05, 0) is 25.0 Å². The average Bonchev–Trinajstić information content (AvgIpc) is 3.07. The van der Waals surface area contributed by atoms with E-state index in [1.165, 1.54) is 18.2 Å². The first-order valence-corrected chi connectivity index (χ1v) is 5.90. The SMILES string of the molecule is N#CCC1(CNc2ccccc2OC(F)(F)F)CC1. The molecule has 0 saturated heterocycles. The molecule has 2 rings (SSSR count). The Balaban J connectivity index is 2.02. The van der Waals surface area contributed by atoms with Crippen LogP contribution in [0.4, 0.5) is 18.9 Å². The molecular weight excluding hydrogens is 257 g/mol. The number of rotatable bonds is 5. The summed E-state index contributed by atoms with van der Waals surface area (Å²) in [6, 6.07) is 8.02. The number of hydrogen-bond acceptors (Lipinski definition) is 3. The molecule has 0 bridgehead atoms. The molecule has 19 heavy (non-hydrogen) atoms. The molecule has 102 valence electrons. The minimum Gasteiger partial charge on any atom is -0.404 e. The summed E-state index contributed by atoms with van der Waals surface area (Å²) in [5.41, 5.74) is 0.212. The Morgan fingerprint density at radius 2 is 2.00 bits per heavy atom. The summed E-state index contributed by atoms with van der Waals surface area (Å²) in [4.78, 5) is 0. The summed E-state index contributed by atoms with van der Waals surface area (Å²) in [6.45, 7) is 0.485. The number of halogens is 3.